The summed E-state index contributed by atoms with van der Waals surface area (Å²) in [7, 11) is 0. The molecule has 0 aliphatic rings. The van der Waals surface area contributed by atoms with E-state index >= 15 is 0 Å². The molecule has 0 aliphatic carbocycles. The Bertz CT molecular complexity index is 505. The van der Waals surface area contributed by atoms with Gasteiger partial charge in [-0.2, -0.15) is 0 Å². The average molecular weight is 304 g/mol. The van der Waals surface area contributed by atoms with Crippen LogP contribution in [-0.2, 0) is 6.61 Å². The molecule has 0 atom stereocenters. The van der Waals surface area contributed by atoms with E-state index in [0.717, 1.165) is 4.47 Å². The zero-order valence-electron chi connectivity index (χ0n) is 7.98. The number of ether oxygens (including phenoxy) is 1. The van der Waals surface area contributed by atoms with Gasteiger partial charge in [-0.05, 0) is 18.2 Å². The first-order chi connectivity index (χ1) is 7.65. The molecule has 0 radical (unpaired) electrons. The maximum Gasteiger partial charge on any atom is 0.203 e. The summed E-state index contributed by atoms with van der Waals surface area (Å²) in [6.07, 6.45) is 0. The van der Waals surface area contributed by atoms with E-state index < -0.39 is 5.82 Å². The van der Waals surface area contributed by atoms with E-state index in [4.69, 9.17) is 10.5 Å². The lowest BCUT2D eigenvalue weighted by atomic mass is 10.3. The monoisotopic (exact) mass is 303 g/mol. The van der Waals surface area contributed by atoms with E-state index in [-0.39, 0.29) is 12.4 Å². The van der Waals surface area contributed by atoms with Crippen LogP contribution in [0.2, 0.25) is 0 Å². The fourth-order valence-corrected chi connectivity index (χ4v) is 1.91. The van der Waals surface area contributed by atoms with Gasteiger partial charge in [0.1, 0.15) is 6.61 Å². The van der Waals surface area contributed by atoms with E-state index in [1.807, 2.05) is 0 Å². The van der Waals surface area contributed by atoms with Gasteiger partial charge in [-0.15, -0.1) is 10.2 Å². The highest BCUT2D eigenvalue weighted by Crippen LogP contribution is 2.23. The number of nitrogen functional groups attached to an aromatic ring is 1. The zero-order chi connectivity index (χ0) is 11.5. The van der Waals surface area contributed by atoms with Crippen LogP contribution in [0.25, 0.3) is 0 Å². The first kappa shape index (κ1) is 11.3. The van der Waals surface area contributed by atoms with E-state index in [0.29, 0.717) is 10.1 Å². The van der Waals surface area contributed by atoms with Crippen molar-refractivity contribution in [3.8, 4) is 5.75 Å². The number of hydrogen-bond acceptors (Lipinski definition) is 5. The standard InChI is InChI=1S/C9H7BrFN3OS/c10-5-1-2-6(11)7(3-5)15-4-8-13-14-9(12)16-8/h1-3H,4H2,(H2,12,14). The number of anilines is 1. The second-order valence-corrected chi connectivity index (χ2v) is 4.91. The molecule has 2 N–H and O–H groups in total. The summed E-state index contributed by atoms with van der Waals surface area (Å²) in [6, 6.07) is 4.48. The third kappa shape index (κ3) is 2.67. The third-order valence-electron chi connectivity index (χ3n) is 1.73. The van der Waals surface area contributed by atoms with Crippen molar-refractivity contribution >= 4 is 32.4 Å². The highest BCUT2D eigenvalue weighted by Gasteiger charge is 2.06. The molecule has 0 saturated heterocycles. The van der Waals surface area contributed by atoms with Crippen molar-refractivity contribution in [3.63, 3.8) is 0 Å². The van der Waals surface area contributed by atoms with Gasteiger partial charge < -0.3 is 10.5 Å². The molecule has 0 bridgehead atoms. The summed E-state index contributed by atoms with van der Waals surface area (Å²) in [6.45, 7) is 0.155. The summed E-state index contributed by atoms with van der Waals surface area (Å²) >= 11 is 4.45. The summed E-state index contributed by atoms with van der Waals surface area (Å²) in [5.41, 5.74) is 5.41. The van der Waals surface area contributed by atoms with Gasteiger partial charge in [0.05, 0.1) is 0 Å². The highest BCUT2D eigenvalue weighted by molar-refractivity contribution is 9.10. The summed E-state index contributed by atoms with van der Waals surface area (Å²) < 4.78 is 19.3. The summed E-state index contributed by atoms with van der Waals surface area (Å²) in [5, 5.41) is 8.38. The maximum absolute atomic E-state index is 13.3. The van der Waals surface area contributed by atoms with Crippen molar-refractivity contribution in [1.29, 1.82) is 0 Å². The van der Waals surface area contributed by atoms with E-state index in [1.165, 1.54) is 17.4 Å². The molecule has 84 valence electrons. The van der Waals surface area contributed by atoms with Crippen LogP contribution < -0.4 is 10.5 Å². The Labute approximate surface area is 103 Å². The Balaban J connectivity index is 2.07. The zero-order valence-corrected chi connectivity index (χ0v) is 10.4. The van der Waals surface area contributed by atoms with E-state index in [2.05, 4.69) is 26.1 Å². The lowest BCUT2D eigenvalue weighted by molar-refractivity contribution is 0.288. The lowest BCUT2D eigenvalue weighted by Gasteiger charge is -2.04. The van der Waals surface area contributed by atoms with Crippen LogP contribution in [-0.4, -0.2) is 10.2 Å². The number of aromatic nitrogens is 2. The Morgan fingerprint density at radius 3 is 2.94 bits per heavy atom. The summed E-state index contributed by atoms with van der Waals surface area (Å²) in [4.78, 5) is 0. The van der Waals surface area contributed by atoms with Crippen LogP contribution >= 0.6 is 27.3 Å². The Morgan fingerprint density at radius 2 is 2.25 bits per heavy atom. The normalized spacial score (nSPS) is 10.4. The molecule has 2 aromatic rings. The molecule has 7 heteroatoms. The van der Waals surface area contributed by atoms with Crippen molar-refractivity contribution in [2.75, 3.05) is 5.73 Å². The fraction of sp³-hybridized carbons (Fsp3) is 0.111. The molecule has 1 heterocycles. The second-order valence-electron chi connectivity index (χ2n) is 2.90. The molecule has 1 aromatic heterocycles. The van der Waals surface area contributed by atoms with Crippen molar-refractivity contribution in [2.45, 2.75) is 6.61 Å². The molecule has 16 heavy (non-hydrogen) atoms. The van der Waals surface area contributed by atoms with Gasteiger partial charge >= 0.3 is 0 Å². The molecule has 0 saturated carbocycles. The number of nitrogens with zero attached hydrogens (tertiary/aromatic N) is 2. The number of nitrogens with two attached hydrogens (primary N) is 1. The van der Waals surface area contributed by atoms with Crippen molar-refractivity contribution in [2.24, 2.45) is 0 Å². The molecular weight excluding hydrogens is 297 g/mol. The van der Waals surface area contributed by atoms with Crippen LogP contribution in [0.3, 0.4) is 0 Å². The molecule has 2 rings (SSSR count). The molecular formula is C9H7BrFN3OS. The van der Waals surface area contributed by atoms with Crippen LogP contribution in [0.5, 0.6) is 5.75 Å². The summed E-state index contributed by atoms with van der Waals surface area (Å²) in [5.74, 6) is -0.246. The SMILES string of the molecule is Nc1nnc(COc2cc(Br)ccc2F)s1. The third-order valence-corrected chi connectivity index (χ3v) is 2.95. The minimum Gasteiger partial charge on any atom is -0.483 e. The second kappa shape index (κ2) is 4.75. The average Bonchev–Trinajstić information content (AvgIpc) is 2.66. The van der Waals surface area contributed by atoms with Crippen LogP contribution in [0.1, 0.15) is 5.01 Å². The Morgan fingerprint density at radius 1 is 1.44 bits per heavy atom. The highest BCUT2D eigenvalue weighted by atomic mass is 79.9. The van der Waals surface area contributed by atoms with Crippen LogP contribution in [0.4, 0.5) is 9.52 Å². The molecule has 0 unspecified atom stereocenters. The predicted octanol–water partition coefficient (Wildman–Crippen LogP) is 2.60. The molecule has 0 fully saturated rings. The maximum atomic E-state index is 13.3. The molecule has 0 amide bonds. The number of halogens is 2. The van der Waals surface area contributed by atoms with Crippen LogP contribution in [0.15, 0.2) is 22.7 Å². The van der Waals surface area contributed by atoms with Crippen molar-refractivity contribution < 1.29 is 9.13 Å². The van der Waals surface area contributed by atoms with Gasteiger partial charge in [0.25, 0.3) is 0 Å². The fourth-order valence-electron chi connectivity index (χ4n) is 1.05. The first-order valence-corrected chi connectivity index (χ1v) is 5.92. The van der Waals surface area contributed by atoms with Gasteiger partial charge in [0, 0.05) is 4.47 Å². The molecule has 0 aliphatic heterocycles. The van der Waals surface area contributed by atoms with Crippen molar-refractivity contribution in [3.05, 3.63) is 33.5 Å². The topological polar surface area (TPSA) is 61.0 Å². The quantitative estimate of drug-likeness (QED) is 0.947. The van der Waals surface area contributed by atoms with Gasteiger partial charge in [-0.25, -0.2) is 4.39 Å². The smallest absolute Gasteiger partial charge is 0.203 e. The number of rotatable bonds is 3. The predicted molar refractivity (Wildman–Crippen MR) is 62.8 cm³/mol. The molecule has 1 aromatic carbocycles. The number of benzene rings is 1. The molecule has 4 nitrogen and oxygen atoms in total. The minimum absolute atomic E-state index is 0.155. The lowest BCUT2D eigenvalue weighted by Crippen LogP contribution is -1.97. The van der Waals surface area contributed by atoms with E-state index in [9.17, 15) is 4.39 Å². The first-order valence-electron chi connectivity index (χ1n) is 4.31. The van der Waals surface area contributed by atoms with Gasteiger partial charge in [0.2, 0.25) is 5.13 Å². The Hall–Kier alpha value is -1.21. The largest absolute Gasteiger partial charge is 0.483 e. The van der Waals surface area contributed by atoms with E-state index in [1.54, 1.807) is 12.1 Å². The van der Waals surface area contributed by atoms with Crippen molar-refractivity contribution in [1.82, 2.24) is 10.2 Å². The minimum atomic E-state index is -0.416. The van der Waals surface area contributed by atoms with Crippen LogP contribution in [0, 0.1) is 5.82 Å². The molecule has 0 spiro atoms. The van der Waals surface area contributed by atoms with Gasteiger partial charge in [-0.3, -0.25) is 0 Å². The van der Waals surface area contributed by atoms with Gasteiger partial charge in [0.15, 0.2) is 16.6 Å². The van der Waals surface area contributed by atoms with Gasteiger partial charge in [-0.1, -0.05) is 27.3 Å². The number of hydrogen-bond donors (Lipinski definition) is 1. The Kier molecular flexibility index (Phi) is 3.35.